The second-order valence-electron chi connectivity index (χ2n) is 9.42. The van der Waals surface area contributed by atoms with E-state index in [9.17, 15) is 13.8 Å². The number of hydrogen-bond acceptors (Lipinski definition) is 10. The van der Waals surface area contributed by atoms with Gasteiger partial charge in [-0.25, -0.2) is 9.55 Å². The Morgan fingerprint density at radius 2 is 1.98 bits per heavy atom. The normalized spacial score (nSPS) is 15.1. The Hall–Kier alpha value is -3.56. The van der Waals surface area contributed by atoms with Crippen molar-refractivity contribution in [3.8, 4) is 18.1 Å². The highest BCUT2D eigenvalue weighted by molar-refractivity contribution is 7.52. The van der Waals surface area contributed by atoms with Crippen LogP contribution < -0.4 is 15.3 Å². The van der Waals surface area contributed by atoms with E-state index in [2.05, 4.69) is 26.0 Å². The molecule has 3 aromatic rings. The number of methoxy groups -OCH3 is 1. The lowest BCUT2D eigenvalue weighted by atomic mass is 10.0. The van der Waals surface area contributed by atoms with Crippen molar-refractivity contribution in [1.29, 1.82) is 0 Å². The van der Waals surface area contributed by atoms with Gasteiger partial charge in [0.05, 0.1) is 19.5 Å². The van der Waals surface area contributed by atoms with E-state index in [-0.39, 0.29) is 54.8 Å². The number of aryl methyl sites for hydroxylation is 1. The van der Waals surface area contributed by atoms with Crippen LogP contribution >= 0.6 is 7.75 Å². The van der Waals surface area contributed by atoms with Gasteiger partial charge < -0.3 is 24.3 Å². The van der Waals surface area contributed by atoms with Crippen molar-refractivity contribution in [3.63, 3.8) is 0 Å². The zero-order chi connectivity index (χ0) is 30.0. The number of carbonyl (C=O) groups is 1. The van der Waals surface area contributed by atoms with Crippen LogP contribution in [0.5, 0.6) is 5.75 Å². The van der Waals surface area contributed by atoms with Gasteiger partial charge in [-0.1, -0.05) is 50.8 Å². The predicted octanol–water partition coefficient (Wildman–Crippen LogP) is 4.12. The molecule has 0 saturated heterocycles. The van der Waals surface area contributed by atoms with E-state index in [1.54, 1.807) is 30.3 Å². The summed E-state index contributed by atoms with van der Waals surface area (Å²) < 4.78 is 51.8. The van der Waals surface area contributed by atoms with E-state index in [1.807, 2.05) is 13.8 Å². The van der Waals surface area contributed by atoms with E-state index < -0.39 is 31.4 Å². The Kier molecular flexibility index (Phi) is 11.2. The molecule has 3 rings (SSSR count). The van der Waals surface area contributed by atoms with Crippen LogP contribution in [0.1, 0.15) is 40.0 Å². The maximum atomic E-state index is 13.9. The number of nitrogens with one attached hydrogen (secondary N) is 1. The maximum absolute atomic E-state index is 13.9. The number of carbonyl (C=O) groups excluding carboxylic acids is 1. The summed E-state index contributed by atoms with van der Waals surface area (Å²) in [5.41, 5.74) is 4.76. The van der Waals surface area contributed by atoms with E-state index >= 15 is 0 Å². The van der Waals surface area contributed by atoms with Crippen LogP contribution in [-0.4, -0.2) is 57.5 Å². The topological polar surface area (TPSA) is 153 Å². The van der Waals surface area contributed by atoms with E-state index in [0.29, 0.717) is 0 Å². The van der Waals surface area contributed by atoms with Gasteiger partial charge in [-0.3, -0.25) is 9.32 Å². The van der Waals surface area contributed by atoms with Crippen LogP contribution in [0.15, 0.2) is 36.7 Å². The molecule has 0 aliphatic carbocycles. The van der Waals surface area contributed by atoms with Gasteiger partial charge in [0.1, 0.15) is 17.3 Å². The number of nitrogen functional groups attached to an aromatic ring is 1. The Morgan fingerprint density at radius 3 is 2.61 bits per heavy atom. The number of para-hydroxylation sites is 1. The minimum absolute atomic E-state index is 0.0952. The highest BCUT2D eigenvalue weighted by Crippen LogP contribution is 2.46. The number of aromatic nitrogens is 4. The molecule has 3 atom stereocenters. The van der Waals surface area contributed by atoms with Crippen molar-refractivity contribution < 1.29 is 32.3 Å². The summed E-state index contributed by atoms with van der Waals surface area (Å²) in [5.74, 6) is 2.32. The minimum Gasteiger partial charge on any atom is -0.464 e. The number of ether oxygens (including phenoxy) is 2. The number of rotatable bonds is 16. The molecule has 14 heteroatoms. The summed E-state index contributed by atoms with van der Waals surface area (Å²) in [6.07, 6.45) is 8.11. The lowest BCUT2D eigenvalue weighted by Crippen LogP contribution is -2.39. The van der Waals surface area contributed by atoms with Crippen molar-refractivity contribution in [3.05, 3.63) is 42.7 Å². The van der Waals surface area contributed by atoms with Gasteiger partial charge in [-0.2, -0.15) is 19.4 Å². The van der Waals surface area contributed by atoms with Crippen LogP contribution in [0.3, 0.4) is 0 Å². The fourth-order valence-corrected chi connectivity index (χ4v) is 5.39. The van der Waals surface area contributed by atoms with Crippen molar-refractivity contribution in [2.45, 2.75) is 58.2 Å². The van der Waals surface area contributed by atoms with Crippen LogP contribution in [0.25, 0.3) is 11.2 Å². The number of benzene rings is 1. The Morgan fingerprint density at radius 1 is 1.27 bits per heavy atom. The molecule has 2 heterocycles. The van der Waals surface area contributed by atoms with Gasteiger partial charge in [0.15, 0.2) is 17.1 Å². The molecule has 0 bridgehead atoms. The molecule has 41 heavy (non-hydrogen) atoms. The third-order valence-electron chi connectivity index (χ3n) is 6.63. The zero-order valence-corrected chi connectivity index (χ0v) is 24.5. The SMILES string of the molecule is C#C[C@](CCn1cnc2c(N)nc(F)nc21)(CO[P@](=O)(N[C@@H](C)C(=O)OCC(CC)CC)Oc1ccccc1)OC. The number of terminal acetylenes is 1. The Balaban J connectivity index is 1.76. The largest absolute Gasteiger partial charge is 0.464 e. The van der Waals surface area contributed by atoms with Crippen LogP contribution in [0.4, 0.5) is 10.2 Å². The van der Waals surface area contributed by atoms with Crippen LogP contribution in [-0.2, 0) is 29.9 Å². The zero-order valence-electron chi connectivity index (χ0n) is 23.6. The lowest BCUT2D eigenvalue weighted by molar-refractivity contribution is -0.146. The first-order valence-electron chi connectivity index (χ1n) is 13.2. The van der Waals surface area contributed by atoms with Gasteiger partial charge in [0.25, 0.3) is 0 Å². The van der Waals surface area contributed by atoms with E-state index in [1.165, 1.54) is 24.9 Å². The number of nitrogens with zero attached hydrogens (tertiary/aromatic N) is 4. The summed E-state index contributed by atoms with van der Waals surface area (Å²) in [5, 5.41) is 2.65. The van der Waals surface area contributed by atoms with Gasteiger partial charge in [-0.15, -0.1) is 6.42 Å². The number of hydrogen-bond donors (Lipinski definition) is 2. The van der Waals surface area contributed by atoms with Crippen LogP contribution in [0, 0.1) is 24.3 Å². The number of nitrogens with two attached hydrogens (primary N) is 1. The number of halogens is 1. The second-order valence-corrected chi connectivity index (χ2v) is 11.1. The fourth-order valence-electron chi connectivity index (χ4n) is 3.85. The first-order chi connectivity index (χ1) is 19.6. The molecule has 0 saturated carbocycles. The quantitative estimate of drug-likeness (QED) is 0.107. The summed E-state index contributed by atoms with van der Waals surface area (Å²) in [6.45, 7) is 5.57. The van der Waals surface area contributed by atoms with Crippen LogP contribution in [0.2, 0.25) is 0 Å². The molecule has 222 valence electrons. The van der Waals surface area contributed by atoms with E-state index in [0.717, 1.165) is 12.8 Å². The van der Waals surface area contributed by atoms with Gasteiger partial charge in [-0.05, 0) is 25.0 Å². The average Bonchev–Trinajstić information content (AvgIpc) is 3.37. The molecule has 0 spiro atoms. The Bertz CT molecular complexity index is 1400. The Labute approximate surface area is 238 Å². The monoisotopic (exact) mass is 590 g/mol. The molecule has 1 aromatic carbocycles. The average molecular weight is 591 g/mol. The molecule has 0 aliphatic rings. The lowest BCUT2D eigenvalue weighted by Gasteiger charge is -2.30. The number of fused-ring (bicyclic) bond motifs is 1. The molecular formula is C27H36FN6O6P. The van der Waals surface area contributed by atoms with Gasteiger partial charge in [0.2, 0.25) is 0 Å². The third kappa shape index (κ3) is 8.47. The third-order valence-corrected chi connectivity index (χ3v) is 8.26. The standard InChI is InChI=1S/C27H36FN6O6P/c1-6-20(7-2)16-38-25(35)19(4)33-41(36,40-21-12-10-9-11-13-21)39-17-27(8-3,37-5)14-15-34-18-30-22-23(29)31-26(28)32-24(22)34/h3,9-13,18-20H,6-7,14-17H2,1-2,4-5H3,(H,33,36)(H2,29,31,32)/t19-,27-,41+/m0/s1. The molecule has 2 aromatic heterocycles. The van der Waals surface area contributed by atoms with E-state index in [4.69, 9.17) is 30.7 Å². The molecule has 3 N–H and O–H groups in total. The molecule has 12 nitrogen and oxygen atoms in total. The first-order valence-corrected chi connectivity index (χ1v) is 14.7. The minimum atomic E-state index is -4.20. The first kappa shape index (κ1) is 32.0. The molecule has 0 radical (unpaired) electrons. The summed E-state index contributed by atoms with van der Waals surface area (Å²) in [4.78, 5) is 24.1. The van der Waals surface area contributed by atoms with Gasteiger partial charge in [0, 0.05) is 20.1 Å². The summed E-state index contributed by atoms with van der Waals surface area (Å²) in [6, 6.07) is 7.32. The van der Waals surface area contributed by atoms with Crippen molar-refractivity contribution in [1.82, 2.24) is 24.6 Å². The fraction of sp³-hybridized carbons (Fsp3) is 0.481. The smallest absolute Gasteiger partial charge is 0.459 e. The highest BCUT2D eigenvalue weighted by Gasteiger charge is 2.37. The number of anilines is 1. The molecule has 0 aliphatic heterocycles. The second kappa shape index (κ2) is 14.4. The van der Waals surface area contributed by atoms with Gasteiger partial charge >= 0.3 is 19.8 Å². The molecule has 0 fully saturated rings. The predicted molar refractivity (Wildman–Crippen MR) is 151 cm³/mol. The molecular weight excluding hydrogens is 554 g/mol. The van der Waals surface area contributed by atoms with Crippen molar-refractivity contribution in [2.24, 2.45) is 5.92 Å². The molecule has 0 amide bonds. The number of esters is 1. The summed E-state index contributed by atoms with van der Waals surface area (Å²) in [7, 11) is -2.83. The summed E-state index contributed by atoms with van der Waals surface area (Å²) >= 11 is 0. The van der Waals surface area contributed by atoms with Crippen molar-refractivity contribution in [2.75, 3.05) is 26.1 Å². The molecule has 0 unspecified atom stereocenters. The maximum Gasteiger partial charge on any atom is 0.459 e. The highest BCUT2D eigenvalue weighted by atomic mass is 31.2. The van der Waals surface area contributed by atoms with Crippen molar-refractivity contribution >= 4 is 30.7 Å². The number of imidazole rings is 1.